The van der Waals surface area contributed by atoms with Gasteiger partial charge in [-0.25, -0.2) is 4.57 Å². The maximum absolute atomic E-state index is 12.7. The minimum atomic E-state index is -4.74. The number of phosphoric ester groups is 1. The van der Waals surface area contributed by atoms with E-state index in [1.54, 1.807) is 0 Å². The molecule has 0 atom stereocenters. The van der Waals surface area contributed by atoms with Gasteiger partial charge >= 0.3 is 7.82 Å². The summed E-state index contributed by atoms with van der Waals surface area (Å²) in [4.78, 5) is 30.6. The average Bonchev–Trinajstić information content (AvgIpc) is 2.58. The predicted octanol–water partition coefficient (Wildman–Crippen LogP) is 3.30. The van der Waals surface area contributed by atoms with Crippen LogP contribution in [0.1, 0.15) is 27.9 Å². The summed E-state index contributed by atoms with van der Waals surface area (Å²) in [7, 11) is -2.03. The van der Waals surface area contributed by atoms with Crippen LogP contribution >= 0.6 is 7.82 Å². The van der Waals surface area contributed by atoms with E-state index in [1.807, 2.05) is 31.2 Å². The fraction of sp³-hybridized carbons (Fsp3) is 0.278. The molecule has 2 aromatic carbocycles. The Balaban J connectivity index is 2.26. The highest BCUT2D eigenvalue weighted by atomic mass is 31.2. The fourth-order valence-electron chi connectivity index (χ4n) is 2.49. The summed E-state index contributed by atoms with van der Waals surface area (Å²) >= 11 is 0. The zero-order valence-corrected chi connectivity index (χ0v) is 15.7. The Labute approximate surface area is 151 Å². The summed E-state index contributed by atoms with van der Waals surface area (Å²) < 4.78 is 26.0. The Morgan fingerprint density at radius 3 is 2.04 bits per heavy atom. The van der Waals surface area contributed by atoms with Gasteiger partial charge in [-0.15, -0.1) is 0 Å². The van der Waals surface area contributed by atoms with Gasteiger partial charge in [-0.1, -0.05) is 29.8 Å². The van der Waals surface area contributed by atoms with Gasteiger partial charge in [0.1, 0.15) is 22.8 Å². The van der Waals surface area contributed by atoms with E-state index in [9.17, 15) is 9.36 Å². The molecule has 0 aliphatic carbocycles. The van der Waals surface area contributed by atoms with Crippen LogP contribution < -0.4 is 14.0 Å². The molecular weight excluding hydrogens is 359 g/mol. The van der Waals surface area contributed by atoms with E-state index in [2.05, 4.69) is 4.52 Å². The Bertz CT molecular complexity index is 799. The van der Waals surface area contributed by atoms with Gasteiger partial charge in [0.25, 0.3) is 0 Å². The monoisotopic (exact) mass is 380 g/mol. The number of Topliss-reactive ketones (excluding diaryl/α,β-unsaturated/α-hetero) is 1. The molecule has 7 nitrogen and oxygen atoms in total. The van der Waals surface area contributed by atoms with Gasteiger partial charge in [0.15, 0.2) is 5.78 Å². The lowest BCUT2D eigenvalue weighted by atomic mass is 10.0. The summed E-state index contributed by atoms with van der Waals surface area (Å²) in [5.74, 6) is -0.104. The summed E-state index contributed by atoms with van der Waals surface area (Å²) in [6.07, 6.45) is 0.778. The van der Waals surface area contributed by atoms with Crippen LogP contribution in [0.5, 0.6) is 17.2 Å². The van der Waals surface area contributed by atoms with Crippen LogP contribution in [-0.2, 0) is 11.0 Å². The fourth-order valence-corrected chi connectivity index (χ4v) is 2.87. The smallest absolute Gasteiger partial charge is 0.496 e. The van der Waals surface area contributed by atoms with Crippen molar-refractivity contribution < 1.29 is 33.1 Å². The third-order valence-corrected chi connectivity index (χ3v) is 4.19. The van der Waals surface area contributed by atoms with E-state index < -0.39 is 7.82 Å². The molecule has 0 unspecified atom stereocenters. The zero-order chi connectivity index (χ0) is 19.3. The van der Waals surface area contributed by atoms with Gasteiger partial charge in [-0.3, -0.25) is 14.6 Å². The van der Waals surface area contributed by atoms with Crippen LogP contribution in [0.3, 0.4) is 0 Å². The second kappa shape index (κ2) is 8.36. The van der Waals surface area contributed by atoms with Crippen LogP contribution in [0.4, 0.5) is 0 Å². The molecule has 0 saturated heterocycles. The van der Waals surface area contributed by atoms with E-state index in [0.717, 1.165) is 11.1 Å². The van der Waals surface area contributed by atoms with Crippen molar-refractivity contribution in [1.82, 2.24) is 0 Å². The van der Waals surface area contributed by atoms with Gasteiger partial charge in [-0.05, 0) is 18.9 Å². The Kier molecular flexibility index (Phi) is 6.42. The van der Waals surface area contributed by atoms with Crippen LogP contribution in [0.15, 0.2) is 36.4 Å². The number of phosphoric acid groups is 1. The molecule has 0 aliphatic heterocycles. The Morgan fingerprint density at radius 1 is 1.04 bits per heavy atom. The number of methoxy groups -OCH3 is 2. The number of aryl methyl sites for hydroxylation is 2. The summed E-state index contributed by atoms with van der Waals surface area (Å²) in [5, 5.41) is 0. The van der Waals surface area contributed by atoms with Gasteiger partial charge < -0.3 is 14.0 Å². The summed E-state index contributed by atoms with van der Waals surface area (Å²) in [5.41, 5.74) is 2.38. The molecule has 0 fully saturated rings. The van der Waals surface area contributed by atoms with Crippen molar-refractivity contribution in [3.63, 3.8) is 0 Å². The first-order valence-corrected chi connectivity index (χ1v) is 9.36. The van der Waals surface area contributed by atoms with E-state index in [1.165, 1.54) is 26.4 Å². The average molecular weight is 380 g/mol. The lowest BCUT2D eigenvalue weighted by Crippen LogP contribution is -2.07. The highest BCUT2D eigenvalue weighted by Gasteiger charge is 2.23. The molecule has 0 aliphatic rings. The van der Waals surface area contributed by atoms with Crippen molar-refractivity contribution in [3.05, 3.63) is 53.1 Å². The molecule has 0 bridgehead atoms. The van der Waals surface area contributed by atoms with E-state index in [-0.39, 0.29) is 35.0 Å². The number of rotatable bonds is 8. The van der Waals surface area contributed by atoms with Crippen molar-refractivity contribution in [2.75, 3.05) is 14.2 Å². The molecule has 0 aromatic heterocycles. The maximum Gasteiger partial charge on any atom is 0.524 e. The number of ether oxygens (including phenoxy) is 2. The Hall–Kier alpha value is -2.34. The number of hydrogen-bond donors (Lipinski definition) is 2. The number of ketones is 1. The molecule has 140 valence electrons. The normalized spacial score (nSPS) is 11.1. The lowest BCUT2D eigenvalue weighted by molar-refractivity contribution is 0.0976. The van der Waals surface area contributed by atoms with Crippen LogP contribution in [0.2, 0.25) is 0 Å². The molecule has 0 spiro atoms. The molecule has 2 N–H and O–H groups in total. The Morgan fingerprint density at radius 2 is 1.58 bits per heavy atom. The van der Waals surface area contributed by atoms with Crippen LogP contribution in [-0.4, -0.2) is 29.8 Å². The van der Waals surface area contributed by atoms with Crippen molar-refractivity contribution in [2.45, 2.75) is 19.8 Å². The number of hydrogen-bond acceptors (Lipinski definition) is 5. The van der Waals surface area contributed by atoms with Gasteiger partial charge in [0.05, 0.1) is 14.2 Å². The second-order valence-electron chi connectivity index (χ2n) is 5.69. The minimum absolute atomic E-state index is 0.127. The largest absolute Gasteiger partial charge is 0.524 e. The van der Waals surface area contributed by atoms with E-state index in [4.69, 9.17) is 19.3 Å². The first-order chi connectivity index (χ1) is 12.2. The molecule has 0 saturated carbocycles. The lowest BCUT2D eigenvalue weighted by Gasteiger charge is -2.15. The molecule has 2 aromatic rings. The predicted molar refractivity (Wildman–Crippen MR) is 96.0 cm³/mol. The van der Waals surface area contributed by atoms with E-state index >= 15 is 0 Å². The molecule has 0 radical (unpaired) electrons. The highest BCUT2D eigenvalue weighted by molar-refractivity contribution is 7.46. The van der Waals surface area contributed by atoms with Crippen molar-refractivity contribution >= 4 is 13.6 Å². The number of carbonyl (C=O) groups excluding carboxylic acids is 1. The highest BCUT2D eigenvalue weighted by Crippen LogP contribution is 2.42. The van der Waals surface area contributed by atoms with Gasteiger partial charge in [0, 0.05) is 18.6 Å². The van der Waals surface area contributed by atoms with Crippen LogP contribution in [0.25, 0.3) is 0 Å². The number of carbonyl (C=O) groups is 1. The van der Waals surface area contributed by atoms with Crippen LogP contribution in [0, 0.1) is 6.92 Å². The first kappa shape index (κ1) is 20.0. The number of benzene rings is 2. The minimum Gasteiger partial charge on any atom is -0.496 e. The zero-order valence-electron chi connectivity index (χ0n) is 14.8. The first-order valence-electron chi connectivity index (χ1n) is 7.83. The SMILES string of the molecule is COc1cc(OP(=O)(O)O)cc(OC)c1C(=O)CCc1ccc(C)cc1. The maximum atomic E-state index is 12.7. The van der Waals surface area contributed by atoms with E-state index in [0.29, 0.717) is 6.42 Å². The molecule has 8 heteroatoms. The third-order valence-electron chi connectivity index (χ3n) is 3.74. The van der Waals surface area contributed by atoms with Crippen molar-refractivity contribution in [3.8, 4) is 17.2 Å². The van der Waals surface area contributed by atoms with Gasteiger partial charge in [0.2, 0.25) is 0 Å². The summed E-state index contributed by atoms with van der Waals surface area (Å²) in [6.45, 7) is 1.99. The molecule has 26 heavy (non-hydrogen) atoms. The molecule has 2 rings (SSSR count). The standard InChI is InChI=1S/C18H21O7P/c1-12-4-6-13(7-5-12)8-9-15(19)18-16(23-2)10-14(11-17(18)24-3)25-26(20,21)22/h4-7,10-11H,8-9H2,1-3H3,(H2,20,21,22). The second-order valence-corrected chi connectivity index (χ2v) is 6.86. The molecule has 0 amide bonds. The topological polar surface area (TPSA) is 102 Å². The third kappa shape index (κ3) is 5.33. The van der Waals surface area contributed by atoms with Crippen molar-refractivity contribution in [1.29, 1.82) is 0 Å². The molecular formula is C18H21O7P. The summed E-state index contributed by atoms with van der Waals surface area (Å²) in [6, 6.07) is 10.4. The van der Waals surface area contributed by atoms with Gasteiger partial charge in [-0.2, -0.15) is 0 Å². The quantitative estimate of drug-likeness (QED) is 0.535. The van der Waals surface area contributed by atoms with Crippen molar-refractivity contribution in [2.24, 2.45) is 0 Å². The molecule has 0 heterocycles.